The Morgan fingerprint density at radius 2 is 2.11 bits per heavy atom. The third-order valence-corrected chi connectivity index (χ3v) is 3.07. The molecular weight excluding hydrogens is 251 g/mol. The zero-order chi connectivity index (χ0) is 13.1. The molecule has 0 saturated heterocycles. The highest BCUT2D eigenvalue weighted by molar-refractivity contribution is 6.31. The highest BCUT2D eigenvalue weighted by atomic mass is 35.5. The Hall–Kier alpha value is -1.45. The molecule has 0 spiro atoms. The normalized spacial score (nSPS) is 12.4. The van der Waals surface area contributed by atoms with Crippen molar-refractivity contribution in [2.24, 2.45) is 0 Å². The Balaban J connectivity index is 2.48. The van der Waals surface area contributed by atoms with E-state index < -0.39 is 0 Å². The van der Waals surface area contributed by atoms with Crippen molar-refractivity contribution < 1.29 is 4.39 Å². The van der Waals surface area contributed by atoms with Gasteiger partial charge >= 0.3 is 0 Å². The van der Waals surface area contributed by atoms with E-state index >= 15 is 0 Å². The predicted molar refractivity (Wildman–Crippen MR) is 71.3 cm³/mol. The van der Waals surface area contributed by atoms with Crippen LogP contribution in [0.5, 0.6) is 0 Å². The Bertz CT molecular complexity index is 537. The lowest BCUT2D eigenvalue weighted by Gasteiger charge is -2.18. The van der Waals surface area contributed by atoms with Crippen LogP contribution >= 0.6 is 11.6 Å². The molecule has 4 heteroatoms. The highest BCUT2D eigenvalue weighted by Crippen LogP contribution is 2.27. The third kappa shape index (κ3) is 2.68. The zero-order valence-electron chi connectivity index (χ0n) is 10.2. The van der Waals surface area contributed by atoms with Gasteiger partial charge in [-0.25, -0.2) is 4.39 Å². The molecule has 0 aliphatic carbocycles. The first-order chi connectivity index (χ1) is 8.61. The Morgan fingerprint density at radius 1 is 1.33 bits per heavy atom. The van der Waals surface area contributed by atoms with Crippen molar-refractivity contribution in [2.45, 2.75) is 13.0 Å². The van der Waals surface area contributed by atoms with Gasteiger partial charge in [-0.05, 0) is 49.4 Å². The van der Waals surface area contributed by atoms with Gasteiger partial charge in [-0.3, -0.25) is 4.98 Å². The fraction of sp³-hybridized carbons (Fsp3) is 0.214. The van der Waals surface area contributed by atoms with Crippen molar-refractivity contribution >= 4 is 11.6 Å². The second-order valence-corrected chi connectivity index (χ2v) is 4.56. The van der Waals surface area contributed by atoms with Gasteiger partial charge in [-0.2, -0.15) is 0 Å². The molecule has 0 amide bonds. The van der Waals surface area contributed by atoms with E-state index in [2.05, 4.69) is 10.3 Å². The largest absolute Gasteiger partial charge is 0.308 e. The van der Waals surface area contributed by atoms with Gasteiger partial charge in [0.1, 0.15) is 5.82 Å². The average molecular weight is 265 g/mol. The maximum atomic E-state index is 13.5. The number of nitrogens with one attached hydrogen (secondary N) is 1. The number of nitrogens with zero attached hydrogens (tertiary/aromatic N) is 1. The van der Waals surface area contributed by atoms with Crippen molar-refractivity contribution in [1.82, 2.24) is 10.3 Å². The van der Waals surface area contributed by atoms with E-state index in [0.29, 0.717) is 10.7 Å². The first-order valence-corrected chi connectivity index (χ1v) is 6.04. The van der Waals surface area contributed by atoms with Crippen molar-refractivity contribution in [3.05, 3.63) is 64.2 Å². The molecule has 94 valence electrons. The molecular formula is C14H14ClFN2. The molecule has 18 heavy (non-hydrogen) atoms. The van der Waals surface area contributed by atoms with Crippen molar-refractivity contribution in [2.75, 3.05) is 7.05 Å². The first-order valence-electron chi connectivity index (χ1n) is 5.66. The fourth-order valence-electron chi connectivity index (χ4n) is 2.00. The molecule has 0 saturated carbocycles. The first kappa shape index (κ1) is 13.0. The summed E-state index contributed by atoms with van der Waals surface area (Å²) in [4.78, 5) is 4.27. The number of hydrogen-bond donors (Lipinski definition) is 1. The summed E-state index contributed by atoms with van der Waals surface area (Å²) < 4.78 is 13.5. The lowest BCUT2D eigenvalue weighted by atomic mass is 10.0. The molecule has 0 aliphatic rings. The summed E-state index contributed by atoms with van der Waals surface area (Å²) in [7, 11) is 1.80. The SMILES string of the molecule is CNC(c1cc(C)cc(F)c1)c1ncccc1Cl. The van der Waals surface area contributed by atoms with Crippen LogP contribution in [0.2, 0.25) is 5.02 Å². The van der Waals surface area contributed by atoms with Gasteiger partial charge < -0.3 is 5.32 Å². The summed E-state index contributed by atoms with van der Waals surface area (Å²) >= 11 is 6.13. The molecule has 1 N–H and O–H groups in total. The van der Waals surface area contributed by atoms with Crippen LogP contribution in [0.1, 0.15) is 22.9 Å². The Morgan fingerprint density at radius 3 is 2.72 bits per heavy atom. The van der Waals surface area contributed by atoms with Gasteiger partial charge in [0.25, 0.3) is 0 Å². The standard InChI is InChI=1S/C14H14ClFN2/c1-9-6-10(8-11(16)7-9)13(17-2)14-12(15)4-3-5-18-14/h3-8,13,17H,1-2H3. The molecule has 1 aromatic carbocycles. The summed E-state index contributed by atoms with van der Waals surface area (Å²) in [6.07, 6.45) is 1.68. The van der Waals surface area contributed by atoms with E-state index in [4.69, 9.17) is 11.6 Å². The molecule has 0 fully saturated rings. The van der Waals surface area contributed by atoms with Crippen LogP contribution in [0.4, 0.5) is 4.39 Å². The minimum Gasteiger partial charge on any atom is -0.308 e. The number of rotatable bonds is 3. The number of aromatic nitrogens is 1. The zero-order valence-corrected chi connectivity index (χ0v) is 11.0. The molecule has 2 nitrogen and oxygen atoms in total. The second kappa shape index (κ2) is 5.46. The molecule has 1 atom stereocenters. The molecule has 0 bridgehead atoms. The lowest BCUT2D eigenvalue weighted by Crippen LogP contribution is -2.19. The van der Waals surface area contributed by atoms with Crippen molar-refractivity contribution in [3.8, 4) is 0 Å². The van der Waals surface area contributed by atoms with E-state index in [0.717, 1.165) is 11.1 Å². The van der Waals surface area contributed by atoms with E-state index in [1.807, 2.05) is 13.0 Å². The van der Waals surface area contributed by atoms with Crippen molar-refractivity contribution in [3.63, 3.8) is 0 Å². The maximum Gasteiger partial charge on any atom is 0.123 e. The number of hydrogen-bond acceptors (Lipinski definition) is 2. The van der Waals surface area contributed by atoms with E-state index in [1.165, 1.54) is 12.1 Å². The number of benzene rings is 1. The van der Waals surface area contributed by atoms with E-state index in [9.17, 15) is 4.39 Å². The molecule has 1 heterocycles. The average Bonchev–Trinajstić information content (AvgIpc) is 2.31. The molecule has 0 radical (unpaired) electrons. The van der Waals surface area contributed by atoms with Gasteiger partial charge in [0, 0.05) is 6.20 Å². The summed E-state index contributed by atoms with van der Waals surface area (Å²) in [5.41, 5.74) is 2.39. The van der Waals surface area contributed by atoms with Crippen LogP contribution in [-0.4, -0.2) is 12.0 Å². The maximum absolute atomic E-state index is 13.5. The van der Waals surface area contributed by atoms with Crippen LogP contribution in [0.15, 0.2) is 36.5 Å². The van der Waals surface area contributed by atoms with Gasteiger partial charge in [-0.15, -0.1) is 0 Å². The Kier molecular flexibility index (Phi) is 3.94. The minimum atomic E-state index is -0.252. The van der Waals surface area contributed by atoms with Crippen LogP contribution in [-0.2, 0) is 0 Å². The summed E-state index contributed by atoms with van der Waals surface area (Å²) in [6.45, 7) is 1.86. The summed E-state index contributed by atoms with van der Waals surface area (Å²) in [5, 5.41) is 3.68. The third-order valence-electron chi connectivity index (χ3n) is 2.75. The van der Waals surface area contributed by atoms with E-state index in [1.54, 1.807) is 25.4 Å². The van der Waals surface area contributed by atoms with Gasteiger partial charge in [-0.1, -0.05) is 17.7 Å². The van der Waals surface area contributed by atoms with Gasteiger partial charge in [0.15, 0.2) is 0 Å². The number of pyridine rings is 1. The summed E-state index contributed by atoms with van der Waals surface area (Å²) in [5.74, 6) is -0.252. The van der Waals surface area contributed by atoms with E-state index in [-0.39, 0.29) is 11.9 Å². The van der Waals surface area contributed by atoms with Crippen LogP contribution in [0, 0.1) is 12.7 Å². The smallest absolute Gasteiger partial charge is 0.123 e. The predicted octanol–water partition coefficient (Wildman–Crippen LogP) is 3.49. The van der Waals surface area contributed by atoms with Crippen LogP contribution in [0.3, 0.4) is 0 Å². The van der Waals surface area contributed by atoms with Crippen LogP contribution in [0.25, 0.3) is 0 Å². The monoisotopic (exact) mass is 264 g/mol. The minimum absolute atomic E-state index is 0.215. The number of halogens is 2. The quantitative estimate of drug-likeness (QED) is 0.918. The summed E-state index contributed by atoms with van der Waals surface area (Å²) in [6, 6.07) is 8.26. The molecule has 0 aliphatic heterocycles. The second-order valence-electron chi connectivity index (χ2n) is 4.15. The van der Waals surface area contributed by atoms with Gasteiger partial charge in [0.05, 0.1) is 16.8 Å². The van der Waals surface area contributed by atoms with Gasteiger partial charge in [0.2, 0.25) is 0 Å². The lowest BCUT2D eigenvalue weighted by molar-refractivity contribution is 0.612. The fourth-order valence-corrected chi connectivity index (χ4v) is 2.23. The number of aryl methyl sites for hydroxylation is 1. The molecule has 1 unspecified atom stereocenters. The van der Waals surface area contributed by atoms with Crippen LogP contribution < -0.4 is 5.32 Å². The molecule has 1 aromatic heterocycles. The highest BCUT2D eigenvalue weighted by Gasteiger charge is 2.17. The topological polar surface area (TPSA) is 24.9 Å². The Labute approximate surface area is 111 Å². The molecule has 2 aromatic rings. The molecule has 2 rings (SSSR count). The van der Waals surface area contributed by atoms with Crippen molar-refractivity contribution in [1.29, 1.82) is 0 Å².